The second-order valence-corrected chi connectivity index (χ2v) is 5.25. The highest BCUT2D eigenvalue weighted by atomic mass is 35.5. The Hall–Kier alpha value is -0.810. The topological polar surface area (TPSA) is 33.7 Å². The van der Waals surface area contributed by atoms with Crippen molar-refractivity contribution < 1.29 is 9.47 Å². The summed E-state index contributed by atoms with van der Waals surface area (Å²) in [6.45, 7) is 7.02. The predicted octanol–water partition coefficient (Wildman–Crippen LogP) is 2.94. The molecule has 0 fully saturated rings. The monoisotopic (exact) mass is 314 g/mol. The van der Waals surface area contributed by atoms with E-state index >= 15 is 0 Å². The van der Waals surface area contributed by atoms with E-state index in [4.69, 9.17) is 21.1 Å². The number of rotatable bonds is 11. The van der Waals surface area contributed by atoms with Crippen LogP contribution in [0.1, 0.15) is 18.9 Å². The molecule has 0 unspecified atom stereocenters. The molecule has 0 radical (unpaired) electrons. The second-order valence-electron chi connectivity index (χ2n) is 4.84. The zero-order valence-corrected chi connectivity index (χ0v) is 14.1. The molecule has 0 atom stereocenters. The number of nitrogens with one attached hydrogen (secondary N) is 1. The first-order chi connectivity index (χ1) is 10.2. The van der Waals surface area contributed by atoms with E-state index in [1.165, 1.54) is 5.69 Å². The first-order valence-corrected chi connectivity index (χ1v) is 7.83. The van der Waals surface area contributed by atoms with Crippen molar-refractivity contribution in [3.8, 4) is 0 Å². The van der Waals surface area contributed by atoms with Crippen molar-refractivity contribution in [2.75, 3.05) is 52.0 Å². The Morgan fingerprint density at radius 2 is 1.90 bits per heavy atom. The fraction of sp³-hybridized carbons (Fsp3) is 0.625. The van der Waals surface area contributed by atoms with Crippen LogP contribution >= 0.6 is 11.6 Å². The fourth-order valence-electron chi connectivity index (χ4n) is 2.22. The summed E-state index contributed by atoms with van der Waals surface area (Å²) in [6.07, 6.45) is 0.980. The van der Waals surface area contributed by atoms with Crippen LogP contribution in [0.4, 0.5) is 5.69 Å². The van der Waals surface area contributed by atoms with E-state index in [1.54, 1.807) is 14.2 Å². The maximum atomic E-state index is 6.38. The summed E-state index contributed by atoms with van der Waals surface area (Å²) in [4.78, 5) is 2.32. The van der Waals surface area contributed by atoms with Crippen molar-refractivity contribution >= 4 is 17.3 Å². The zero-order valence-electron chi connectivity index (χ0n) is 13.3. The van der Waals surface area contributed by atoms with Gasteiger partial charge in [-0.15, -0.1) is 0 Å². The number of benzene rings is 1. The minimum atomic E-state index is 0.695. The van der Waals surface area contributed by atoms with Gasteiger partial charge in [-0.25, -0.2) is 0 Å². The third-order valence-corrected chi connectivity index (χ3v) is 3.68. The van der Waals surface area contributed by atoms with Crippen LogP contribution in [0, 0.1) is 0 Å². The largest absolute Gasteiger partial charge is 0.385 e. The second kappa shape index (κ2) is 10.9. The Morgan fingerprint density at radius 3 is 2.57 bits per heavy atom. The van der Waals surface area contributed by atoms with Crippen LogP contribution in [0.3, 0.4) is 0 Å². The highest BCUT2D eigenvalue weighted by Crippen LogP contribution is 2.27. The molecule has 1 aromatic carbocycles. The lowest BCUT2D eigenvalue weighted by Crippen LogP contribution is -2.30. The molecule has 0 saturated carbocycles. The quantitative estimate of drug-likeness (QED) is 0.637. The van der Waals surface area contributed by atoms with Gasteiger partial charge in [0.05, 0.1) is 6.61 Å². The molecule has 0 heterocycles. The van der Waals surface area contributed by atoms with Crippen LogP contribution in [0.2, 0.25) is 5.02 Å². The van der Waals surface area contributed by atoms with Crippen LogP contribution in [0.25, 0.3) is 0 Å². The highest BCUT2D eigenvalue weighted by Gasteiger charge is 2.13. The minimum absolute atomic E-state index is 0.695. The van der Waals surface area contributed by atoms with Crippen molar-refractivity contribution in [2.24, 2.45) is 0 Å². The number of hydrogen-bond donors (Lipinski definition) is 1. The number of anilines is 1. The van der Waals surface area contributed by atoms with Gasteiger partial charge in [0.1, 0.15) is 0 Å². The third kappa shape index (κ3) is 6.22. The van der Waals surface area contributed by atoms with Crippen LogP contribution in [-0.4, -0.2) is 47.1 Å². The first-order valence-electron chi connectivity index (χ1n) is 7.45. The normalized spacial score (nSPS) is 10.9. The lowest BCUT2D eigenvalue weighted by Gasteiger charge is -2.27. The summed E-state index contributed by atoms with van der Waals surface area (Å²) in [5, 5.41) is 4.16. The van der Waals surface area contributed by atoms with E-state index < -0.39 is 0 Å². The molecule has 1 aromatic rings. The maximum Gasteiger partial charge on any atom is 0.0637 e. The van der Waals surface area contributed by atoms with Gasteiger partial charge < -0.3 is 19.7 Å². The molecule has 120 valence electrons. The van der Waals surface area contributed by atoms with Crippen molar-refractivity contribution in [1.29, 1.82) is 0 Å². The first kappa shape index (κ1) is 18.2. The van der Waals surface area contributed by atoms with Gasteiger partial charge in [0.15, 0.2) is 0 Å². The van der Waals surface area contributed by atoms with Gasteiger partial charge in [-0.3, -0.25) is 0 Å². The maximum absolute atomic E-state index is 6.38. The average Bonchev–Trinajstić information content (AvgIpc) is 2.49. The van der Waals surface area contributed by atoms with E-state index in [0.29, 0.717) is 6.61 Å². The molecular formula is C16H27ClN2O2. The molecule has 0 aliphatic heterocycles. The van der Waals surface area contributed by atoms with Crippen molar-refractivity contribution in [1.82, 2.24) is 5.32 Å². The lowest BCUT2D eigenvalue weighted by molar-refractivity contribution is 0.191. The summed E-state index contributed by atoms with van der Waals surface area (Å²) in [6, 6.07) is 6.08. The molecule has 0 aliphatic rings. The van der Waals surface area contributed by atoms with E-state index in [2.05, 4.69) is 23.2 Å². The van der Waals surface area contributed by atoms with E-state index in [9.17, 15) is 0 Å². The molecule has 0 saturated heterocycles. The van der Waals surface area contributed by atoms with Gasteiger partial charge in [0, 0.05) is 56.7 Å². The molecule has 0 spiro atoms. The lowest BCUT2D eigenvalue weighted by atomic mass is 10.1. The molecule has 0 aromatic heterocycles. The van der Waals surface area contributed by atoms with Crippen molar-refractivity contribution in [3.63, 3.8) is 0 Å². The van der Waals surface area contributed by atoms with E-state index in [-0.39, 0.29) is 0 Å². The van der Waals surface area contributed by atoms with Gasteiger partial charge in [-0.1, -0.05) is 24.6 Å². The molecule has 21 heavy (non-hydrogen) atoms. The molecule has 0 aliphatic carbocycles. The smallest absolute Gasteiger partial charge is 0.0637 e. The SMILES string of the molecule is CCNCc1c(Cl)cccc1N(CCCOC)CCOC. The van der Waals surface area contributed by atoms with Gasteiger partial charge in [-0.2, -0.15) is 0 Å². The molecule has 4 nitrogen and oxygen atoms in total. The highest BCUT2D eigenvalue weighted by molar-refractivity contribution is 6.31. The Kier molecular flexibility index (Phi) is 9.42. The van der Waals surface area contributed by atoms with Crippen LogP contribution in [-0.2, 0) is 16.0 Å². The van der Waals surface area contributed by atoms with Gasteiger partial charge in [-0.05, 0) is 25.1 Å². The average molecular weight is 315 g/mol. The number of nitrogens with zero attached hydrogens (tertiary/aromatic N) is 1. The molecule has 1 N–H and O–H groups in total. The predicted molar refractivity (Wildman–Crippen MR) is 89.4 cm³/mol. The molecule has 1 rings (SSSR count). The molecule has 5 heteroatoms. The van der Waals surface area contributed by atoms with E-state index in [0.717, 1.165) is 49.8 Å². The van der Waals surface area contributed by atoms with Crippen LogP contribution in [0.5, 0.6) is 0 Å². The van der Waals surface area contributed by atoms with E-state index in [1.807, 2.05) is 12.1 Å². The third-order valence-electron chi connectivity index (χ3n) is 3.33. The molecule has 0 amide bonds. The zero-order chi connectivity index (χ0) is 15.5. The molecular weight excluding hydrogens is 288 g/mol. The fourth-order valence-corrected chi connectivity index (χ4v) is 2.46. The summed E-state index contributed by atoms with van der Waals surface area (Å²) in [5.41, 5.74) is 2.33. The van der Waals surface area contributed by atoms with Gasteiger partial charge in [0.25, 0.3) is 0 Å². The Labute approximate surface area is 133 Å². The number of methoxy groups -OCH3 is 2. The molecule has 0 bridgehead atoms. The summed E-state index contributed by atoms with van der Waals surface area (Å²) < 4.78 is 10.4. The Balaban J connectivity index is 2.89. The number of halogens is 1. The van der Waals surface area contributed by atoms with Gasteiger partial charge in [0.2, 0.25) is 0 Å². The summed E-state index contributed by atoms with van der Waals surface area (Å²) >= 11 is 6.38. The van der Waals surface area contributed by atoms with Crippen LogP contribution in [0.15, 0.2) is 18.2 Å². The number of ether oxygens (including phenoxy) is 2. The minimum Gasteiger partial charge on any atom is -0.385 e. The Bertz CT molecular complexity index is 402. The van der Waals surface area contributed by atoms with Gasteiger partial charge >= 0.3 is 0 Å². The van der Waals surface area contributed by atoms with Crippen LogP contribution < -0.4 is 10.2 Å². The number of hydrogen-bond acceptors (Lipinski definition) is 4. The standard InChI is InChI=1S/C16H27ClN2O2/c1-4-18-13-14-15(17)7-5-8-16(14)19(10-12-21-3)9-6-11-20-2/h5,7-8,18H,4,6,9-13H2,1-3H3. The van der Waals surface area contributed by atoms with Crippen molar-refractivity contribution in [2.45, 2.75) is 19.9 Å². The summed E-state index contributed by atoms with van der Waals surface area (Å²) in [5.74, 6) is 0. The van der Waals surface area contributed by atoms with Crippen molar-refractivity contribution in [3.05, 3.63) is 28.8 Å². The Morgan fingerprint density at radius 1 is 1.14 bits per heavy atom. The summed E-state index contributed by atoms with van der Waals surface area (Å²) in [7, 11) is 3.46.